The molecule has 0 saturated heterocycles. The van der Waals surface area contributed by atoms with Crippen molar-refractivity contribution in [2.45, 2.75) is 19.8 Å². The van der Waals surface area contributed by atoms with Crippen LogP contribution in [-0.4, -0.2) is 12.6 Å². The maximum Gasteiger partial charge on any atom is 0.231 e. The quantitative estimate of drug-likeness (QED) is 0.411. The molecule has 0 aromatic carbocycles. The van der Waals surface area contributed by atoms with Crippen molar-refractivity contribution in [3.05, 3.63) is 0 Å². The lowest BCUT2D eigenvalue weighted by molar-refractivity contribution is 0.563. The van der Waals surface area contributed by atoms with Crippen molar-refractivity contribution in [3.63, 3.8) is 0 Å². The molecule has 0 spiro atoms. The van der Waals surface area contributed by atoms with Gasteiger partial charge in [0.2, 0.25) is 6.08 Å². The molecular formula is C5H12N2O. The highest BCUT2D eigenvalue weighted by atomic mass is 16.1. The fraction of sp³-hybridized carbons (Fsp3) is 0.800. The highest BCUT2D eigenvalue weighted by Gasteiger charge is 1.67. The van der Waals surface area contributed by atoms with Gasteiger partial charge in [-0.1, -0.05) is 13.3 Å². The highest BCUT2D eigenvalue weighted by Crippen LogP contribution is 1.77. The molecule has 0 aromatic rings. The Morgan fingerprint density at radius 2 is 2.12 bits per heavy atom. The van der Waals surface area contributed by atoms with Crippen molar-refractivity contribution in [2.24, 2.45) is 5.73 Å². The average Bonchev–Trinajstić information content (AvgIpc) is 1.71. The molecule has 3 N–H and O–H groups in total. The SMILES string of the molecule is CCCCN.N=C=O. The van der Waals surface area contributed by atoms with Gasteiger partial charge in [0.25, 0.3) is 0 Å². The third-order valence-corrected chi connectivity index (χ3v) is 0.558. The Kier molecular flexibility index (Phi) is 21.0. The van der Waals surface area contributed by atoms with Gasteiger partial charge in [0.15, 0.2) is 0 Å². The van der Waals surface area contributed by atoms with Crippen molar-refractivity contribution in [3.8, 4) is 0 Å². The lowest BCUT2D eigenvalue weighted by Crippen LogP contribution is -1.95. The predicted octanol–water partition coefficient (Wildman–Crippen LogP) is 0.646. The van der Waals surface area contributed by atoms with Gasteiger partial charge in [-0.3, -0.25) is 0 Å². The number of isocyanates is 1. The van der Waals surface area contributed by atoms with E-state index in [9.17, 15) is 0 Å². The van der Waals surface area contributed by atoms with Crippen LogP contribution in [0.1, 0.15) is 19.8 Å². The molecule has 0 rings (SSSR count). The van der Waals surface area contributed by atoms with Crippen molar-refractivity contribution in [2.75, 3.05) is 6.54 Å². The van der Waals surface area contributed by atoms with Gasteiger partial charge in [0.05, 0.1) is 0 Å². The minimum absolute atomic E-state index is 0.750. The van der Waals surface area contributed by atoms with Gasteiger partial charge >= 0.3 is 0 Å². The van der Waals surface area contributed by atoms with Crippen molar-refractivity contribution < 1.29 is 4.79 Å². The molecule has 0 aromatic heterocycles. The Labute approximate surface area is 49.4 Å². The zero-order valence-corrected chi connectivity index (χ0v) is 5.11. The van der Waals surface area contributed by atoms with E-state index >= 15 is 0 Å². The van der Waals surface area contributed by atoms with Gasteiger partial charge in [-0.2, -0.15) is 0 Å². The van der Waals surface area contributed by atoms with E-state index in [0.29, 0.717) is 0 Å². The van der Waals surface area contributed by atoms with Gasteiger partial charge in [0, 0.05) is 0 Å². The fourth-order valence-electron chi connectivity index (χ4n) is 0.204. The van der Waals surface area contributed by atoms with Gasteiger partial charge in [-0.05, 0) is 13.0 Å². The summed E-state index contributed by atoms with van der Waals surface area (Å²) in [7, 11) is 0. The van der Waals surface area contributed by atoms with Gasteiger partial charge in [-0.25, -0.2) is 10.2 Å². The van der Waals surface area contributed by atoms with Crippen LogP contribution in [0, 0.1) is 5.41 Å². The molecule has 8 heavy (non-hydrogen) atoms. The second-order valence-electron chi connectivity index (χ2n) is 1.24. The molecular weight excluding hydrogens is 104 g/mol. The van der Waals surface area contributed by atoms with E-state index in [0.717, 1.165) is 12.6 Å². The number of rotatable bonds is 2. The molecule has 0 fully saturated rings. The average molecular weight is 116 g/mol. The highest BCUT2D eigenvalue weighted by molar-refractivity contribution is 5.26. The summed E-state index contributed by atoms with van der Waals surface area (Å²) in [4.78, 5) is 8.35. The van der Waals surface area contributed by atoms with Crippen LogP contribution in [0.4, 0.5) is 0 Å². The Balaban J connectivity index is 0. The van der Waals surface area contributed by atoms with Gasteiger partial charge in [0.1, 0.15) is 0 Å². The smallest absolute Gasteiger partial charge is 0.231 e. The van der Waals surface area contributed by atoms with E-state index in [-0.39, 0.29) is 0 Å². The third kappa shape index (κ3) is 56.0. The largest absolute Gasteiger partial charge is 0.330 e. The van der Waals surface area contributed by atoms with E-state index in [2.05, 4.69) is 6.92 Å². The molecule has 0 aliphatic heterocycles. The predicted molar refractivity (Wildman–Crippen MR) is 32.4 cm³/mol. The Hall–Kier alpha value is -0.660. The first-order valence-electron chi connectivity index (χ1n) is 2.57. The molecule has 0 radical (unpaired) electrons. The summed E-state index contributed by atoms with van der Waals surface area (Å²) < 4.78 is 0. The molecule has 0 aliphatic carbocycles. The molecule has 0 aliphatic rings. The summed E-state index contributed by atoms with van der Waals surface area (Å²) >= 11 is 0. The molecule has 0 bridgehead atoms. The molecule has 3 heteroatoms. The lowest BCUT2D eigenvalue weighted by Gasteiger charge is -1.80. The second-order valence-corrected chi connectivity index (χ2v) is 1.24. The first kappa shape index (κ1) is 10.3. The number of nitrogens with one attached hydrogen (secondary N) is 1. The van der Waals surface area contributed by atoms with Crippen molar-refractivity contribution >= 4 is 6.08 Å². The number of carbonyl (C=O) groups excluding carboxylic acids is 1. The van der Waals surface area contributed by atoms with Crippen LogP contribution in [-0.2, 0) is 4.79 Å². The Bertz CT molecular complexity index is 55.4. The van der Waals surface area contributed by atoms with E-state index < -0.39 is 0 Å². The van der Waals surface area contributed by atoms with Crippen molar-refractivity contribution in [1.82, 2.24) is 0 Å². The van der Waals surface area contributed by atoms with E-state index in [1.165, 1.54) is 12.8 Å². The number of unbranched alkanes of at least 4 members (excludes halogenated alkanes) is 1. The standard InChI is InChI=1S/C4H11N.CHNO/c1-2-3-4-5;2-1-3/h2-5H2,1H3;2H. The molecule has 0 unspecified atom stereocenters. The maximum atomic E-state index is 8.35. The summed E-state index contributed by atoms with van der Waals surface area (Å²) in [5, 5.41) is 5.40. The van der Waals surface area contributed by atoms with Crippen LogP contribution >= 0.6 is 0 Å². The zero-order valence-electron chi connectivity index (χ0n) is 5.11. The van der Waals surface area contributed by atoms with Gasteiger partial charge in [-0.15, -0.1) is 0 Å². The van der Waals surface area contributed by atoms with Crippen molar-refractivity contribution in [1.29, 1.82) is 5.41 Å². The van der Waals surface area contributed by atoms with E-state index in [4.69, 9.17) is 15.9 Å². The summed E-state index contributed by atoms with van der Waals surface area (Å²) in [6, 6.07) is 0. The first-order chi connectivity index (χ1) is 3.83. The summed E-state index contributed by atoms with van der Waals surface area (Å²) in [5.41, 5.74) is 5.14. The topological polar surface area (TPSA) is 66.9 Å². The molecule has 3 nitrogen and oxygen atoms in total. The van der Waals surface area contributed by atoms with Crippen LogP contribution in [0.5, 0.6) is 0 Å². The molecule has 0 saturated carbocycles. The fourth-order valence-corrected chi connectivity index (χ4v) is 0.204. The minimum Gasteiger partial charge on any atom is -0.330 e. The Morgan fingerprint density at radius 1 is 1.75 bits per heavy atom. The summed E-state index contributed by atoms with van der Waals surface area (Å²) in [5.74, 6) is 0. The van der Waals surface area contributed by atoms with E-state index in [1.807, 2.05) is 0 Å². The minimum atomic E-state index is 0.750. The first-order valence-corrected chi connectivity index (χ1v) is 2.57. The van der Waals surface area contributed by atoms with E-state index in [1.54, 1.807) is 0 Å². The summed E-state index contributed by atoms with van der Waals surface area (Å²) in [6.45, 7) is 2.98. The van der Waals surface area contributed by atoms with Crippen LogP contribution in [0.15, 0.2) is 0 Å². The third-order valence-electron chi connectivity index (χ3n) is 0.558. The number of nitrogens with two attached hydrogens (primary N) is 1. The molecule has 0 atom stereocenters. The Morgan fingerprint density at radius 3 is 2.12 bits per heavy atom. The van der Waals surface area contributed by atoms with Crippen LogP contribution in [0.25, 0.3) is 0 Å². The molecule has 0 heterocycles. The summed E-state index contributed by atoms with van der Waals surface area (Å²) in [6.07, 6.45) is 3.14. The van der Waals surface area contributed by atoms with Gasteiger partial charge < -0.3 is 5.73 Å². The van der Waals surface area contributed by atoms with Crippen LogP contribution < -0.4 is 5.73 Å². The molecule has 0 amide bonds. The number of hydrogen-bond donors (Lipinski definition) is 2. The number of hydrogen-bond acceptors (Lipinski definition) is 3. The van der Waals surface area contributed by atoms with Crippen LogP contribution in [0.3, 0.4) is 0 Å². The maximum absolute atomic E-state index is 8.35. The second kappa shape index (κ2) is 16.2. The normalized spacial score (nSPS) is 6.25. The lowest BCUT2D eigenvalue weighted by atomic mass is 10.3. The zero-order chi connectivity index (χ0) is 6.83. The molecule has 48 valence electrons. The monoisotopic (exact) mass is 116 g/mol. The van der Waals surface area contributed by atoms with Crippen LogP contribution in [0.2, 0.25) is 0 Å².